The van der Waals surface area contributed by atoms with Crippen LogP contribution in [-0.2, 0) is 0 Å². The summed E-state index contributed by atoms with van der Waals surface area (Å²) in [4.78, 5) is 12.3. The van der Waals surface area contributed by atoms with Gasteiger partial charge in [-0.3, -0.25) is 4.79 Å². The Balaban J connectivity index is 1.69. The van der Waals surface area contributed by atoms with Crippen molar-refractivity contribution in [2.24, 2.45) is 0 Å². The van der Waals surface area contributed by atoms with Crippen LogP contribution >= 0.6 is 0 Å². The smallest absolute Gasteiger partial charge is 0.255 e. The van der Waals surface area contributed by atoms with Gasteiger partial charge in [0.15, 0.2) is 11.5 Å². The second-order valence-corrected chi connectivity index (χ2v) is 5.50. The van der Waals surface area contributed by atoms with Crippen molar-refractivity contribution >= 4 is 11.6 Å². The van der Waals surface area contributed by atoms with Crippen molar-refractivity contribution in [3.63, 3.8) is 0 Å². The molecule has 0 unspecified atom stereocenters. The summed E-state index contributed by atoms with van der Waals surface area (Å²) in [5, 5.41) is 2.85. The van der Waals surface area contributed by atoms with E-state index in [1.807, 2.05) is 38.1 Å². The van der Waals surface area contributed by atoms with E-state index in [2.05, 4.69) is 5.32 Å². The average Bonchev–Trinajstić information content (AvgIpc) is 2.55. The molecular formula is C18H19NO4. The quantitative estimate of drug-likeness (QED) is 0.938. The minimum Gasteiger partial charge on any atom is -0.491 e. The van der Waals surface area contributed by atoms with Crippen molar-refractivity contribution in [1.82, 2.24) is 0 Å². The van der Waals surface area contributed by atoms with Crippen LogP contribution in [-0.4, -0.2) is 25.2 Å². The molecule has 1 heterocycles. The van der Waals surface area contributed by atoms with E-state index in [1.165, 1.54) is 0 Å². The molecule has 1 amide bonds. The highest BCUT2D eigenvalue weighted by molar-refractivity contribution is 6.04. The summed E-state index contributed by atoms with van der Waals surface area (Å²) in [6, 6.07) is 12.5. The van der Waals surface area contributed by atoms with E-state index in [1.54, 1.807) is 18.2 Å². The van der Waals surface area contributed by atoms with Crippen LogP contribution in [0.4, 0.5) is 5.69 Å². The second kappa shape index (κ2) is 6.60. The topological polar surface area (TPSA) is 56.8 Å². The number of nitrogens with one attached hydrogen (secondary N) is 1. The maximum absolute atomic E-state index is 12.3. The van der Waals surface area contributed by atoms with E-state index >= 15 is 0 Å². The van der Waals surface area contributed by atoms with Crippen LogP contribution in [0.2, 0.25) is 0 Å². The molecule has 0 radical (unpaired) electrons. The molecule has 0 atom stereocenters. The molecule has 23 heavy (non-hydrogen) atoms. The molecule has 0 saturated heterocycles. The number of hydrogen-bond donors (Lipinski definition) is 1. The molecule has 2 aromatic carbocycles. The van der Waals surface area contributed by atoms with Crippen LogP contribution < -0.4 is 19.5 Å². The monoisotopic (exact) mass is 313 g/mol. The van der Waals surface area contributed by atoms with Gasteiger partial charge in [-0.25, -0.2) is 0 Å². The second-order valence-electron chi connectivity index (χ2n) is 5.50. The van der Waals surface area contributed by atoms with E-state index < -0.39 is 0 Å². The zero-order valence-corrected chi connectivity index (χ0v) is 13.2. The van der Waals surface area contributed by atoms with Gasteiger partial charge in [0.2, 0.25) is 0 Å². The average molecular weight is 313 g/mol. The molecule has 0 aliphatic carbocycles. The van der Waals surface area contributed by atoms with Gasteiger partial charge in [-0.15, -0.1) is 0 Å². The predicted octanol–water partition coefficient (Wildman–Crippen LogP) is 3.50. The lowest BCUT2D eigenvalue weighted by atomic mass is 10.1. The van der Waals surface area contributed by atoms with Crippen molar-refractivity contribution in [2.45, 2.75) is 20.0 Å². The first-order chi connectivity index (χ1) is 11.1. The third kappa shape index (κ3) is 3.74. The maximum Gasteiger partial charge on any atom is 0.255 e. The number of hydrogen-bond acceptors (Lipinski definition) is 4. The fourth-order valence-electron chi connectivity index (χ4n) is 2.28. The summed E-state index contributed by atoms with van der Waals surface area (Å²) in [6.45, 7) is 4.97. The molecule has 1 N–H and O–H groups in total. The van der Waals surface area contributed by atoms with Gasteiger partial charge in [0.1, 0.15) is 19.0 Å². The molecule has 0 fully saturated rings. The molecule has 0 saturated carbocycles. The van der Waals surface area contributed by atoms with Crippen LogP contribution in [0.25, 0.3) is 0 Å². The van der Waals surface area contributed by atoms with Gasteiger partial charge in [-0.2, -0.15) is 0 Å². The van der Waals surface area contributed by atoms with Gasteiger partial charge in [0.05, 0.1) is 6.10 Å². The lowest BCUT2D eigenvalue weighted by molar-refractivity contribution is 0.102. The highest BCUT2D eigenvalue weighted by Crippen LogP contribution is 2.31. The molecule has 120 valence electrons. The zero-order chi connectivity index (χ0) is 16.2. The van der Waals surface area contributed by atoms with Gasteiger partial charge in [-0.05, 0) is 56.3 Å². The number of ether oxygens (including phenoxy) is 3. The summed E-state index contributed by atoms with van der Waals surface area (Å²) in [5.74, 6) is 1.85. The predicted molar refractivity (Wildman–Crippen MR) is 87.6 cm³/mol. The standard InChI is InChI=1S/C18H19NO4/c1-12(2)23-15-6-4-14(5-7-15)19-18(20)13-3-8-16-17(11-13)22-10-9-21-16/h3-8,11-12H,9-10H2,1-2H3,(H,19,20). The highest BCUT2D eigenvalue weighted by Gasteiger charge is 2.15. The third-order valence-corrected chi connectivity index (χ3v) is 3.29. The summed E-state index contributed by atoms with van der Waals surface area (Å²) in [5.41, 5.74) is 1.23. The van der Waals surface area contributed by atoms with Crippen LogP contribution in [0, 0.1) is 0 Å². The SMILES string of the molecule is CC(C)Oc1ccc(NC(=O)c2ccc3c(c2)OCCO3)cc1. The summed E-state index contributed by atoms with van der Waals surface area (Å²) < 4.78 is 16.5. The van der Waals surface area contributed by atoms with Crippen molar-refractivity contribution < 1.29 is 19.0 Å². The van der Waals surface area contributed by atoms with Crippen LogP contribution in [0.5, 0.6) is 17.2 Å². The van der Waals surface area contributed by atoms with Gasteiger partial charge in [-0.1, -0.05) is 0 Å². The van der Waals surface area contributed by atoms with Crippen molar-refractivity contribution in [3.05, 3.63) is 48.0 Å². The zero-order valence-electron chi connectivity index (χ0n) is 13.2. The van der Waals surface area contributed by atoms with E-state index in [9.17, 15) is 4.79 Å². The number of anilines is 1. The first-order valence-electron chi connectivity index (χ1n) is 7.59. The first kappa shape index (κ1) is 15.2. The van der Waals surface area contributed by atoms with E-state index in [0.717, 1.165) is 5.75 Å². The Kier molecular flexibility index (Phi) is 4.37. The summed E-state index contributed by atoms with van der Waals surface area (Å²) >= 11 is 0. The minimum atomic E-state index is -0.195. The number of carbonyl (C=O) groups excluding carboxylic acids is 1. The normalized spacial score (nSPS) is 12.8. The number of fused-ring (bicyclic) bond motifs is 1. The van der Waals surface area contributed by atoms with Crippen LogP contribution in [0.15, 0.2) is 42.5 Å². The molecule has 1 aliphatic heterocycles. The number of carbonyl (C=O) groups is 1. The van der Waals surface area contributed by atoms with E-state index in [4.69, 9.17) is 14.2 Å². The molecule has 0 spiro atoms. The van der Waals surface area contributed by atoms with Gasteiger partial charge in [0.25, 0.3) is 5.91 Å². The molecule has 0 aromatic heterocycles. The third-order valence-electron chi connectivity index (χ3n) is 3.29. The summed E-state index contributed by atoms with van der Waals surface area (Å²) in [6.07, 6.45) is 0.119. The molecule has 5 nitrogen and oxygen atoms in total. The molecule has 0 bridgehead atoms. The fourth-order valence-corrected chi connectivity index (χ4v) is 2.28. The van der Waals surface area contributed by atoms with Gasteiger partial charge in [0, 0.05) is 11.3 Å². The lowest BCUT2D eigenvalue weighted by Gasteiger charge is -2.18. The largest absolute Gasteiger partial charge is 0.491 e. The Bertz CT molecular complexity index is 695. The Morgan fingerprint density at radius 2 is 1.74 bits per heavy atom. The van der Waals surface area contributed by atoms with Crippen molar-refractivity contribution in [1.29, 1.82) is 0 Å². The highest BCUT2D eigenvalue weighted by atomic mass is 16.6. The van der Waals surface area contributed by atoms with Gasteiger partial charge < -0.3 is 19.5 Å². The number of amides is 1. The number of rotatable bonds is 4. The van der Waals surface area contributed by atoms with E-state index in [0.29, 0.717) is 36.0 Å². The molecule has 1 aliphatic rings. The fraction of sp³-hybridized carbons (Fsp3) is 0.278. The lowest BCUT2D eigenvalue weighted by Crippen LogP contribution is -2.17. The Hall–Kier alpha value is -2.69. The minimum absolute atomic E-state index is 0.119. The molecule has 5 heteroatoms. The Morgan fingerprint density at radius 1 is 1.04 bits per heavy atom. The van der Waals surface area contributed by atoms with Crippen molar-refractivity contribution in [3.8, 4) is 17.2 Å². The van der Waals surface area contributed by atoms with Gasteiger partial charge >= 0.3 is 0 Å². The first-order valence-corrected chi connectivity index (χ1v) is 7.59. The Labute approximate surface area is 135 Å². The van der Waals surface area contributed by atoms with Crippen molar-refractivity contribution in [2.75, 3.05) is 18.5 Å². The molecule has 2 aromatic rings. The van der Waals surface area contributed by atoms with Crippen LogP contribution in [0.1, 0.15) is 24.2 Å². The Morgan fingerprint density at radius 3 is 2.43 bits per heavy atom. The maximum atomic E-state index is 12.3. The van der Waals surface area contributed by atoms with E-state index in [-0.39, 0.29) is 12.0 Å². The van der Waals surface area contributed by atoms with Crippen LogP contribution in [0.3, 0.4) is 0 Å². The number of benzene rings is 2. The summed E-state index contributed by atoms with van der Waals surface area (Å²) in [7, 11) is 0. The molecular weight excluding hydrogens is 294 g/mol. The molecule has 3 rings (SSSR count).